The Morgan fingerprint density at radius 2 is 2.25 bits per heavy atom. The molecule has 5 nitrogen and oxygen atoms in total. The molecule has 3 heterocycles. The maximum atomic E-state index is 4.76. The normalized spacial score (nSPS) is 18.4. The number of benzene rings is 1. The zero-order valence-corrected chi connectivity index (χ0v) is 12.6. The van der Waals surface area contributed by atoms with Crippen molar-refractivity contribution in [2.75, 3.05) is 0 Å². The summed E-state index contributed by atoms with van der Waals surface area (Å²) >= 11 is 3.53. The van der Waals surface area contributed by atoms with Gasteiger partial charge in [-0.25, -0.2) is 9.97 Å². The first-order chi connectivity index (χ1) is 9.70. The van der Waals surface area contributed by atoms with Crippen LogP contribution in [-0.4, -0.2) is 19.9 Å². The second kappa shape index (κ2) is 4.43. The van der Waals surface area contributed by atoms with Gasteiger partial charge in [-0.05, 0) is 24.6 Å². The third-order valence-electron chi connectivity index (χ3n) is 3.82. The number of aryl methyl sites for hydroxylation is 1. The van der Waals surface area contributed by atoms with Gasteiger partial charge in [0, 0.05) is 17.4 Å². The number of hydrogen-bond donors (Lipinski definition) is 3. The fraction of sp³-hybridized carbons (Fsp3) is 0.286. The van der Waals surface area contributed by atoms with Gasteiger partial charge in [-0.2, -0.15) is 0 Å². The second-order valence-corrected chi connectivity index (χ2v) is 6.12. The fourth-order valence-corrected chi connectivity index (χ4v) is 3.37. The van der Waals surface area contributed by atoms with Crippen molar-refractivity contribution in [3.05, 3.63) is 45.7 Å². The van der Waals surface area contributed by atoms with E-state index in [1.54, 1.807) is 6.33 Å². The summed E-state index contributed by atoms with van der Waals surface area (Å²) in [5.74, 6) is 0.981. The predicted octanol–water partition coefficient (Wildman–Crippen LogP) is 2.74. The second-order valence-electron chi connectivity index (χ2n) is 5.21. The molecular weight excluding hydrogens is 318 g/mol. The van der Waals surface area contributed by atoms with E-state index in [1.165, 1.54) is 11.3 Å². The lowest BCUT2D eigenvalue weighted by molar-refractivity contribution is 0.472. The van der Waals surface area contributed by atoms with Gasteiger partial charge < -0.3 is 15.3 Å². The Morgan fingerprint density at radius 3 is 3.15 bits per heavy atom. The van der Waals surface area contributed by atoms with E-state index in [0.717, 1.165) is 40.0 Å². The summed E-state index contributed by atoms with van der Waals surface area (Å²) in [5.41, 5.74) is 5.59. The van der Waals surface area contributed by atoms with Crippen LogP contribution >= 0.6 is 15.9 Å². The van der Waals surface area contributed by atoms with E-state index in [1.807, 2.05) is 0 Å². The van der Waals surface area contributed by atoms with E-state index in [-0.39, 0.29) is 6.04 Å². The minimum absolute atomic E-state index is 0.191. The van der Waals surface area contributed by atoms with Gasteiger partial charge in [-0.15, -0.1) is 0 Å². The molecule has 102 valence electrons. The van der Waals surface area contributed by atoms with E-state index >= 15 is 0 Å². The maximum Gasteiger partial charge on any atom is 0.124 e. The molecule has 0 saturated heterocycles. The van der Waals surface area contributed by atoms with Crippen LogP contribution in [0, 0.1) is 6.92 Å². The lowest BCUT2D eigenvalue weighted by Crippen LogP contribution is -2.29. The molecule has 1 aromatic carbocycles. The number of aromatic nitrogens is 4. The maximum absolute atomic E-state index is 4.76. The van der Waals surface area contributed by atoms with Crippen LogP contribution in [-0.2, 0) is 13.0 Å². The van der Waals surface area contributed by atoms with Crippen molar-refractivity contribution in [1.29, 1.82) is 0 Å². The van der Waals surface area contributed by atoms with E-state index < -0.39 is 0 Å². The van der Waals surface area contributed by atoms with Gasteiger partial charge in [0.1, 0.15) is 5.82 Å². The third kappa shape index (κ3) is 1.87. The Morgan fingerprint density at radius 1 is 1.35 bits per heavy atom. The minimum Gasteiger partial charge on any atom is -0.347 e. The lowest BCUT2D eigenvalue weighted by Gasteiger charge is -2.20. The van der Waals surface area contributed by atoms with Gasteiger partial charge in [0.15, 0.2) is 0 Å². The summed E-state index contributed by atoms with van der Waals surface area (Å²) in [6.45, 7) is 2.89. The van der Waals surface area contributed by atoms with Crippen LogP contribution in [0.5, 0.6) is 0 Å². The summed E-state index contributed by atoms with van der Waals surface area (Å²) in [5, 5.41) is 3.50. The number of halogens is 1. The molecule has 0 radical (unpaired) electrons. The van der Waals surface area contributed by atoms with Crippen LogP contribution in [0.1, 0.15) is 28.8 Å². The SMILES string of the molecule is Cc1cc(Br)cc2[nH]c(C3Cc4nc[nH]c4CN3)nc12. The zero-order valence-electron chi connectivity index (χ0n) is 11.0. The molecule has 0 aliphatic carbocycles. The molecule has 0 spiro atoms. The first kappa shape index (κ1) is 12.1. The van der Waals surface area contributed by atoms with Crippen molar-refractivity contribution < 1.29 is 0 Å². The highest BCUT2D eigenvalue weighted by Crippen LogP contribution is 2.27. The summed E-state index contributed by atoms with van der Waals surface area (Å²) < 4.78 is 1.07. The van der Waals surface area contributed by atoms with Crippen molar-refractivity contribution in [3.8, 4) is 0 Å². The van der Waals surface area contributed by atoms with Gasteiger partial charge in [0.05, 0.1) is 34.8 Å². The van der Waals surface area contributed by atoms with Crippen molar-refractivity contribution >= 4 is 27.0 Å². The number of H-pyrrole nitrogens is 2. The number of fused-ring (bicyclic) bond motifs is 2. The van der Waals surface area contributed by atoms with Crippen molar-refractivity contribution in [2.45, 2.75) is 25.9 Å². The number of imidazole rings is 2. The van der Waals surface area contributed by atoms with Gasteiger partial charge in [0.25, 0.3) is 0 Å². The summed E-state index contributed by atoms with van der Waals surface area (Å²) in [6, 6.07) is 4.35. The van der Waals surface area contributed by atoms with Crippen LogP contribution < -0.4 is 5.32 Å². The molecule has 0 amide bonds. The average molecular weight is 332 g/mol. The largest absolute Gasteiger partial charge is 0.347 e. The lowest BCUT2D eigenvalue weighted by atomic mass is 10.1. The molecule has 1 aliphatic rings. The van der Waals surface area contributed by atoms with E-state index in [2.05, 4.69) is 55.3 Å². The number of rotatable bonds is 1. The van der Waals surface area contributed by atoms with E-state index in [4.69, 9.17) is 4.98 Å². The van der Waals surface area contributed by atoms with Gasteiger partial charge in [-0.1, -0.05) is 15.9 Å². The van der Waals surface area contributed by atoms with Gasteiger partial charge in [-0.3, -0.25) is 0 Å². The van der Waals surface area contributed by atoms with Crippen molar-refractivity contribution in [1.82, 2.24) is 25.3 Å². The highest BCUT2D eigenvalue weighted by Gasteiger charge is 2.24. The quantitative estimate of drug-likeness (QED) is 0.642. The average Bonchev–Trinajstić information content (AvgIpc) is 3.03. The monoisotopic (exact) mass is 331 g/mol. The zero-order chi connectivity index (χ0) is 13.7. The molecule has 1 atom stereocenters. The number of nitrogens with zero attached hydrogens (tertiary/aromatic N) is 2. The molecule has 6 heteroatoms. The molecule has 2 aromatic heterocycles. The fourth-order valence-electron chi connectivity index (χ4n) is 2.79. The highest BCUT2D eigenvalue weighted by atomic mass is 79.9. The number of aromatic amines is 2. The molecule has 3 N–H and O–H groups in total. The molecule has 20 heavy (non-hydrogen) atoms. The first-order valence-corrected chi connectivity index (χ1v) is 7.40. The van der Waals surface area contributed by atoms with Gasteiger partial charge in [0.2, 0.25) is 0 Å². The predicted molar refractivity (Wildman–Crippen MR) is 80.4 cm³/mol. The Balaban J connectivity index is 1.75. The molecule has 4 rings (SSSR count). The Labute approximate surface area is 124 Å². The third-order valence-corrected chi connectivity index (χ3v) is 4.28. The Bertz CT molecular complexity index is 788. The molecular formula is C14H14BrN5. The molecule has 1 unspecified atom stereocenters. The van der Waals surface area contributed by atoms with Gasteiger partial charge >= 0.3 is 0 Å². The van der Waals surface area contributed by atoms with Crippen LogP contribution in [0.25, 0.3) is 11.0 Å². The smallest absolute Gasteiger partial charge is 0.124 e. The number of nitrogens with one attached hydrogen (secondary N) is 3. The molecule has 0 fully saturated rings. The Kier molecular flexibility index (Phi) is 2.68. The van der Waals surface area contributed by atoms with Crippen LogP contribution in [0.2, 0.25) is 0 Å². The van der Waals surface area contributed by atoms with E-state index in [0.29, 0.717) is 0 Å². The number of hydrogen-bond acceptors (Lipinski definition) is 3. The van der Waals surface area contributed by atoms with Crippen LogP contribution in [0.4, 0.5) is 0 Å². The molecule has 1 aliphatic heterocycles. The summed E-state index contributed by atoms with van der Waals surface area (Å²) in [7, 11) is 0. The molecule has 0 bridgehead atoms. The van der Waals surface area contributed by atoms with Crippen molar-refractivity contribution in [2.24, 2.45) is 0 Å². The van der Waals surface area contributed by atoms with Crippen LogP contribution in [0.3, 0.4) is 0 Å². The molecule has 3 aromatic rings. The van der Waals surface area contributed by atoms with E-state index in [9.17, 15) is 0 Å². The highest BCUT2D eigenvalue weighted by molar-refractivity contribution is 9.10. The Hall–Kier alpha value is -1.66. The standard InChI is InChI=1S/C14H14BrN5/c1-7-2-8(15)3-10-13(7)20-14(19-10)11-4-9-12(5-16-11)18-6-17-9/h2-3,6,11,16H,4-5H2,1H3,(H,17,18)(H,19,20). The topological polar surface area (TPSA) is 69.4 Å². The molecule has 0 saturated carbocycles. The van der Waals surface area contributed by atoms with Crippen LogP contribution in [0.15, 0.2) is 22.9 Å². The first-order valence-electron chi connectivity index (χ1n) is 6.61. The summed E-state index contributed by atoms with van der Waals surface area (Å²) in [4.78, 5) is 15.7. The minimum atomic E-state index is 0.191. The summed E-state index contributed by atoms with van der Waals surface area (Å²) in [6.07, 6.45) is 2.62. The van der Waals surface area contributed by atoms with Crippen molar-refractivity contribution in [3.63, 3.8) is 0 Å².